The van der Waals surface area contributed by atoms with E-state index in [4.69, 9.17) is 0 Å². The van der Waals surface area contributed by atoms with Gasteiger partial charge in [-0.15, -0.1) is 0 Å². The van der Waals surface area contributed by atoms with Gasteiger partial charge in [0.15, 0.2) is 23.3 Å². The average Bonchev–Trinajstić information content (AvgIpc) is 2.08. The first-order valence-electron chi connectivity index (χ1n) is 2.65. The molecule has 1 nitrogen and oxygen atoms in total. The molecule has 0 aliphatic carbocycles. The molecule has 0 spiro atoms. The summed E-state index contributed by atoms with van der Waals surface area (Å²) in [5.74, 6) is -9.22. The van der Waals surface area contributed by atoms with Gasteiger partial charge in [-0.2, -0.15) is 0 Å². The molecule has 0 saturated heterocycles. The molecule has 0 aliphatic rings. The van der Waals surface area contributed by atoms with Crippen LogP contribution < -0.4 is 56.5 Å². The molecule has 0 bridgehead atoms. The number of benzene rings is 1. The summed E-state index contributed by atoms with van der Waals surface area (Å²) >= 11 is 2.25. The van der Waals surface area contributed by atoms with E-state index in [1.807, 2.05) is 0 Å². The predicted molar refractivity (Wildman–Crippen MR) is 33.4 cm³/mol. The van der Waals surface area contributed by atoms with Crippen LogP contribution in [-0.2, 0) is 0 Å². The van der Waals surface area contributed by atoms with Crippen molar-refractivity contribution in [3.63, 3.8) is 0 Å². The Morgan fingerprint density at radius 1 is 0.846 bits per heavy atom. The summed E-state index contributed by atoms with van der Waals surface area (Å²) in [5, 5.41) is 10.3. The van der Waals surface area contributed by atoms with Crippen molar-refractivity contribution in [2.75, 3.05) is 0 Å². The van der Waals surface area contributed by atoms with Crippen LogP contribution in [-0.4, -0.2) is 0 Å². The first-order valence-corrected chi connectivity index (χ1v) is 3.44. The SMILES string of the molecule is [K+].[O-]c1c(F)c(F)c(Br)c(F)c1F. The molecular weight excluding hydrogens is 283 g/mol. The molecule has 0 heterocycles. The largest absolute Gasteiger partial charge is 1.00 e. The molecule has 0 amide bonds. The van der Waals surface area contributed by atoms with Crippen LogP contribution in [0.2, 0.25) is 0 Å². The number of halogens is 5. The van der Waals surface area contributed by atoms with Gasteiger partial charge in [0.25, 0.3) is 0 Å². The molecule has 1 aromatic rings. The molecule has 0 aromatic heterocycles. The Morgan fingerprint density at radius 3 is 1.46 bits per heavy atom. The minimum atomic E-state index is -1.93. The van der Waals surface area contributed by atoms with E-state index in [0.29, 0.717) is 0 Å². The minimum Gasteiger partial charge on any atom is -0.868 e. The number of rotatable bonds is 0. The Hall–Kier alpha value is 0.856. The molecule has 0 aliphatic heterocycles. The summed E-state index contributed by atoms with van der Waals surface area (Å²) in [5.41, 5.74) is 0. The molecule has 1 aromatic carbocycles. The molecule has 7 heteroatoms. The third-order valence-corrected chi connectivity index (χ3v) is 1.87. The fourth-order valence-electron chi connectivity index (χ4n) is 0.585. The van der Waals surface area contributed by atoms with E-state index in [1.54, 1.807) is 0 Å². The van der Waals surface area contributed by atoms with Gasteiger partial charge in [0.2, 0.25) is 0 Å². The molecule has 1 rings (SSSR count). The molecule has 13 heavy (non-hydrogen) atoms. The summed E-state index contributed by atoms with van der Waals surface area (Å²) in [6, 6.07) is 0. The van der Waals surface area contributed by atoms with Gasteiger partial charge < -0.3 is 5.11 Å². The maximum Gasteiger partial charge on any atom is 1.00 e. The number of hydrogen-bond donors (Lipinski definition) is 0. The summed E-state index contributed by atoms with van der Waals surface area (Å²) in [6.45, 7) is 0. The topological polar surface area (TPSA) is 23.1 Å². The summed E-state index contributed by atoms with van der Waals surface area (Å²) in [6.07, 6.45) is 0. The summed E-state index contributed by atoms with van der Waals surface area (Å²) in [7, 11) is 0. The van der Waals surface area contributed by atoms with Crippen LogP contribution in [0.4, 0.5) is 17.6 Å². The first kappa shape index (κ1) is 13.9. The second-order valence-electron chi connectivity index (χ2n) is 1.90. The first-order chi connectivity index (χ1) is 5.46. The van der Waals surface area contributed by atoms with Crippen molar-refractivity contribution in [1.29, 1.82) is 0 Å². The van der Waals surface area contributed by atoms with Gasteiger partial charge in [-0.25, -0.2) is 17.6 Å². The van der Waals surface area contributed by atoms with Crippen LogP contribution >= 0.6 is 15.9 Å². The Balaban J connectivity index is 0.00000144. The zero-order valence-electron chi connectivity index (χ0n) is 6.30. The van der Waals surface area contributed by atoms with Gasteiger partial charge in [0, 0.05) is 0 Å². The van der Waals surface area contributed by atoms with E-state index in [1.165, 1.54) is 0 Å². The van der Waals surface area contributed by atoms with E-state index >= 15 is 0 Å². The Labute approximate surface area is 122 Å². The molecule has 0 atom stereocenters. The third-order valence-electron chi connectivity index (χ3n) is 1.17. The van der Waals surface area contributed by atoms with Gasteiger partial charge in [-0.05, 0) is 21.7 Å². The van der Waals surface area contributed by atoms with Crippen molar-refractivity contribution in [2.45, 2.75) is 0 Å². The second-order valence-corrected chi connectivity index (χ2v) is 2.69. The summed E-state index contributed by atoms with van der Waals surface area (Å²) < 4.78 is 48.4. The zero-order valence-corrected chi connectivity index (χ0v) is 11.0. The second kappa shape index (κ2) is 5.08. The molecule has 0 saturated carbocycles. The van der Waals surface area contributed by atoms with E-state index in [2.05, 4.69) is 15.9 Å². The van der Waals surface area contributed by atoms with Crippen molar-refractivity contribution < 1.29 is 74.1 Å². The Kier molecular flexibility index (Phi) is 5.42. The van der Waals surface area contributed by atoms with Crippen molar-refractivity contribution in [1.82, 2.24) is 0 Å². The van der Waals surface area contributed by atoms with Gasteiger partial charge in [-0.1, -0.05) is 0 Å². The van der Waals surface area contributed by atoms with Crippen LogP contribution in [0.3, 0.4) is 0 Å². The maximum atomic E-state index is 12.4. The molecule has 0 N–H and O–H groups in total. The van der Waals surface area contributed by atoms with E-state index in [0.717, 1.165) is 0 Å². The quantitative estimate of drug-likeness (QED) is 0.261. The fraction of sp³-hybridized carbons (Fsp3) is 0. The van der Waals surface area contributed by atoms with Crippen molar-refractivity contribution in [2.24, 2.45) is 0 Å². The predicted octanol–water partition coefficient (Wildman–Crippen LogP) is -0.917. The molecular formula is C6BrF4KO. The molecule has 66 valence electrons. The summed E-state index contributed by atoms with van der Waals surface area (Å²) in [4.78, 5) is 0. The zero-order chi connectivity index (χ0) is 9.46. The Morgan fingerprint density at radius 2 is 1.15 bits per heavy atom. The van der Waals surface area contributed by atoms with Crippen LogP contribution in [0.15, 0.2) is 4.47 Å². The fourth-order valence-corrected chi connectivity index (χ4v) is 0.933. The van der Waals surface area contributed by atoms with Crippen LogP contribution in [0.25, 0.3) is 0 Å². The van der Waals surface area contributed by atoms with Crippen molar-refractivity contribution in [3.05, 3.63) is 27.7 Å². The monoisotopic (exact) mass is 282 g/mol. The van der Waals surface area contributed by atoms with Gasteiger partial charge in [-0.3, -0.25) is 0 Å². The molecule has 0 radical (unpaired) electrons. The van der Waals surface area contributed by atoms with E-state index in [-0.39, 0.29) is 51.4 Å². The molecule has 0 fully saturated rings. The van der Waals surface area contributed by atoms with E-state index < -0.39 is 33.5 Å². The van der Waals surface area contributed by atoms with Crippen LogP contribution in [0, 0.1) is 23.3 Å². The van der Waals surface area contributed by atoms with Gasteiger partial charge in [0.1, 0.15) is 0 Å². The standard InChI is InChI=1S/C6HBrF4O.K/c7-1-2(8)4(10)6(12)5(11)3(1)9;/h12H;/q;+1/p-1. The van der Waals surface area contributed by atoms with Gasteiger partial charge in [0.05, 0.1) is 4.47 Å². The maximum absolute atomic E-state index is 12.4. The van der Waals surface area contributed by atoms with Crippen molar-refractivity contribution in [3.8, 4) is 5.75 Å². The van der Waals surface area contributed by atoms with E-state index in [9.17, 15) is 22.7 Å². The minimum absolute atomic E-state index is 0. The average molecular weight is 283 g/mol. The van der Waals surface area contributed by atoms with Crippen LogP contribution in [0.5, 0.6) is 5.75 Å². The van der Waals surface area contributed by atoms with Crippen molar-refractivity contribution >= 4 is 15.9 Å². The number of hydrogen-bond acceptors (Lipinski definition) is 1. The normalized spacial score (nSPS) is 9.62. The Bertz CT molecular complexity index is 239. The van der Waals surface area contributed by atoms with Crippen LogP contribution in [0.1, 0.15) is 0 Å². The molecule has 0 unspecified atom stereocenters. The van der Waals surface area contributed by atoms with Gasteiger partial charge >= 0.3 is 51.4 Å². The smallest absolute Gasteiger partial charge is 0.868 e. The third kappa shape index (κ3) is 2.45.